The Kier molecular flexibility index (Phi) is 3.93. The number of hydrogen-bond acceptors (Lipinski definition) is 0. The second kappa shape index (κ2) is 5.23. The number of allylic oxidation sites excluding steroid dienone is 3. The van der Waals surface area contributed by atoms with Gasteiger partial charge in [0.05, 0.1) is 0 Å². The van der Waals surface area contributed by atoms with Gasteiger partial charge >= 0.3 is 0 Å². The van der Waals surface area contributed by atoms with E-state index in [9.17, 15) is 0 Å². The highest BCUT2D eigenvalue weighted by Gasteiger charge is 1.97. The lowest BCUT2D eigenvalue weighted by Gasteiger charge is -2.03. The van der Waals surface area contributed by atoms with Crippen LogP contribution in [-0.4, -0.2) is 0 Å². The van der Waals surface area contributed by atoms with Crippen molar-refractivity contribution in [3.05, 3.63) is 59.7 Å². The van der Waals surface area contributed by atoms with Crippen molar-refractivity contribution in [1.82, 2.24) is 0 Å². The van der Waals surface area contributed by atoms with E-state index in [-0.39, 0.29) is 0 Å². The van der Waals surface area contributed by atoms with Crippen molar-refractivity contribution >= 4 is 12.2 Å². The fourth-order valence-corrected chi connectivity index (χ4v) is 1.37. The van der Waals surface area contributed by atoms with Crippen LogP contribution in [0, 0.1) is 6.92 Å². The maximum absolute atomic E-state index is 3.81. The molecule has 0 spiro atoms. The Morgan fingerprint density at radius 2 is 2.00 bits per heavy atom. The molecular weight excluding hydrogens is 168 g/mol. The molecule has 0 saturated carbocycles. The van der Waals surface area contributed by atoms with Crippen molar-refractivity contribution in [3.8, 4) is 0 Å². The van der Waals surface area contributed by atoms with Gasteiger partial charge in [-0.2, -0.15) is 0 Å². The maximum Gasteiger partial charge on any atom is -0.0155 e. The van der Waals surface area contributed by atoms with Crippen LogP contribution in [0.5, 0.6) is 0 Å². The third kappa shape index (κ3) is 2.46. The van der Waals surface area contributed by atoms with E-state index < -0.39 is 0 Å². The number of rotatable bonds is 3. The molecule has 0 aliphatic rings. The van der Waals surface area contributed by atoms with E-state index in [1.165, 1.54) is 16.7 Å². The number of hydrogen-bond donors (Lipinski definition) is 0. The molecule has 14 heavy (non-hydrogen) atoms. The van der Waals surface area contributed by atoms with Crippen molar-refractivity contribution < 1.29 is 0 Å². The summed E-state index contributed by atoms with van der Waals surface area (Å²) in [6.45, 7) is 7.93. The predicted molar refractivity (Wildman–Crippen MR) is 65.1 cm³/mol. The third-order valence-corrected chi connectivity index (χ3v) is 2.14. The molecule has 0 radical (unpaired) electrons. The Balaban J connectivity index is 3.10. The van der Waals surface area contributed by atoms with E-state index in [1.54, 1.807) is 0 Å². The third-order valence-electron chi connectivity index (χ3n) is 2.14. The molecule has 0 nitrogen and oxygen atoms in total. The molecule has 1 rings (SSSR count). The molecule has 0 aliphatic heterocycles. The van der Waals surface area contributed by atoms with E-state index in [4.69, 9.17) is 0 Å². The van der Waals surface area contributed by atoms with E-state index in [0.717, 1.165) is 0 Å². The Bertz CT molecular complexity index is 368. The standard InChI is InChI=1S/C14H16/c1-4-6-7-11-14-12(3)9-8-10-13(14)5-2/h4-11H,2H2,1,3H3/b6-4+,11-7-. The summed E-state index contributed by atoms with van der Waals surface area (Å²) in [6.07, 6.45) is 10.1. The van der Waals surface area contributed by atoms with Gasteiger partial charge in [-0.05, 0) is 30.5 Å². The molecule has 0 heteroatoms. The summed E-state index contributed by atoms with van der Waals surface area (Å²) in [6, 6.07) is 6.25. The Morgan fingerprint density at radius 1 is 1.21 bits per heavy atom. The minimum atomic E-state index is 1.19. The van der Waals surface area contributed by atoms with Gasteiger partial charge in [0.15, 0.2) is 0 Å². The highest BCUT2D eigenvalue weighted by atomic mass is 14.0. The van der Waals surface area contributed by atoms with Gasteiger partial charge in [0.2, 0.25) is 0 Å². The van der Waals surface area contributed by atoms with Gasteiger partial charge in [-0.25, -0.2) is 0 Å². The van der Waals surface area contributed by atoms with Crippen LogP contribution in [-0.2, 0) is 0 Å². The molecule has 0 atom stereocenters. The molecule has 0 bridgehead atoms. The van der Waals surface area contributed by atoms with Crippen LogP contribution in [0.25, 0.3) is 12.2 Å². The summed E-state index contributed by atoms with van der Waals surface area (Å²) >= 11 is 0. The van der Waals surface area contributed by atoms with Gasteiger partial charge in [0.25, 0.3) is 0 Å². The van der Waals surface area contributed by atoms with E-state index in [0.29, 0.717) is 0 Å². The van der Waals surface area contributed by atoms with Crippen LogP contribution in [0.3, 0.4) is 0 Å². The first kappa shape index (κ1) is 10.5. The van der Waals surface area contributed by atoms with Crippen molar-refractivity contribution in [3.63, 3.8) is 0 Å². The lowest BCUT2D eigenvalue weighted by molar-refractivity contribution is 1.43. The topological polar surface area (TPSA) is 0 Å². The lowest BCUT2D eigenvalue weighted by Crippen LogP contribution is -1.84. The summed E-state index contributed by atoms with van der Waals surface area (Å²) in [5.41, 5.74) is 3.72. The SMILES string of the molecule is C=Cc1cccc(C)c1/C=C\C=C\C. The zero-order chi connectivity index (χ0) is 10.4. The minimum Gasteiger partial charge on any atom is -0.0984 e. The van der Waals surface area contributed by atoms with E-state index >= 15 is 0 Å². The van der Waals surface area contributed by atoms with Gasteiger partial charge in [0.1, 0.15) is 0 Å². The lowest BCUT2D eigenvalue weighted by atomic mass is 10.0. The first-order valence-corrected chi connectivity index (χ1v) is 4.81. The number of aryl methyl sites for hydroxylation is 1. The maximum atomic E-state index is 3.81. The zero-order valence-electron chi connectivity index (χ0n) is 8.83. The zero-order valence-corrected chi connectivity index (χ0v) is 8.83. The Morgan fingerprint density at radius 3 is 2.64 bits per heavy atom. The average Bonchev–Trinajstić information content (AvgIpc) is 2.20. The molecule has 0 unspecified atom stereocenters. The van der Waals surface area contributed by atoms with Crippen LogP contribution < -0.4 is 0 Å². The highest BCUT2D eigenvalue weighted by Crippen LogP contribution is 2.16. The molecule has 72 valence electrons. The first-order valence-electron chi connectivity index (χ1n) is 4.81. The monoisotopic (exact) mass is 184 g/mol. The van der Waals surface area contributed by atoms with Crippen molar-refractivity contribution in [2.45, 2.75) is 13.8 Å². The van der Waals surface area contributed by atoms with Crippen LogP contribution in [0.15, 0.2) is 43.0 Å². The summed E-state index contributed by atoms with van der Waals surface area (Å²) in [4.78, 5) is 0. The first-order chi connectivity index (χ1) is 6.79. The molecular formula is C14H16. The minimum absolute atomic E-state index is 1.19. The average molecular weight is 184 g/mol. The molecule has 1 aromatic rings. The fraction of sp³-hybridized carbons (Fsp3) is 0.143. The molecule has 1 aromatic carbocycles. The molecule has 0 N–H and O–H groups in total. The highest BCUT2D eigenvalue weighted by molar-refractivity contribution is 5.67. The second-order valence-corrected chi connectivity index (χ2v) is 3.17. The quantitative estimate of drug-likeness (QED) is 0.617. The van der Waals surface area contributed by atoms with Crippen LogP contribution in [0.2, 0.25) is 0 Å². The van der Waals surface area contributed by atoms with Crippen molar-refractivity contribution in [1.29, 1.82) is 0 Å². The molecule has 0 fully saturated rings. The second-order valence-electron chi connectivity index (χ2n) is 3.17. The summed E-state index contributed by atoms with van der Waals surface area (Å²) in [5, 5.41) is 0. The predicted octanol–water partition coefficient (Wildman–Crippen LogP) is 4.23. The van der Waals surface area contributed by atoms with Gasteiger partial charge in [-0.3, -0.25) is 0 Å². The van der Waals surface area contributed by atoms with Crippen molar-refractivity contribution in [2.75, 3.05) is 0 Å². The van der Waals surface area contributed by atoms with E-state index in [2.05, 4.69) is 43.9 Å². The summed E-state index contributed by atoms with van der Waals surface area (Å²) in [7, 11) is 0. The molecule has 0 heterocycles. The Labute approximate surface area is 86.3 Å². The molecule has 0 amide bonds. The van der Waals surface area contributed by atoms with Crippen LogP contribution >= 0.6 is 0 Å². The molecule has 0 aromatic heterocycles. The largest absolute Gasteiger partial charge is 0.0984 e. The summed E-state index contributed by atoms with van der Waals surface area (Å²) in [5.74, 6) is 0. The van der Waals surface area contributed by atoms with Gasteiger partial charge in [-0.1, -0.05) is 55.2 Å². The smallest absolute Gasteiger partial charge is 0.0155 e. The van der Waals surface area contributed by atoms with Gasteiger partial charge in [0, 0.05) is 0 Å². The molecule has 0 aliphatic carbocycles. The molecule has 0 saturated heterocycles. The fourth-order valence-electron chi connectivity index (χ4n) is 1.37. The normalized spacial score (nSPS) is 11.3. The van der Waals surface area contributed by atoms with Crippen molar-refractivity contribution in [2.24, 2.45) is 0 Å². The van der Waals surface area contributed by atoms with E-state index in [1.807, 2.05) is 25.2 Å². The number of benzene rings is 1. The summed E-state index contributed by atoms with van der Waals surface area (Å²) < 4.78 is 0. The van der Waals surface area contributed by atoms with Gasteiger partial charge < -0.3 is 0 Å². The Hall–Kier alpha value is -1.56. The van der Waals surface area contributed by atoms with Crippen LogP contribution in [0.4, 0.5) is 0 Å². The van der Waals surface area contributed by atoms with Gasteiger partial charge in [-0.15, -0.1) is 0 Å². The van der Waals surface area contributed by atoms with Crippen LogP contribution in [0.1, 0.15) is 23.6 Å².